The molecule has 0 spiro atoms. The number of carbonyl (C=O) groups is 2. The molecule has 1 atom stereocenters. The molecular formula is C7H10AgO4-2. The molecule has 5 heteroatoms. The molecule has 0 aliphatic rings. The van der Waals surface area contributed by atoms with Gasteiger partial charge in [-0.1, -0.05) is 6.92 Å². The maximum atomic E-state index is 10.1. The van der Waals surface area contributed by atoms with Crippen LogP contribution in [-0.4, -0.2) is 11.9 Å². The Morgan fingerprint density at radius 1 is 1.33 bits per heavy atom. The SMILES string of the molecule is CC(CCCC(=O)[O-])C(=O)[O-].[Ag]. The number of carboxylic acids is 2. The molecule has 1 radical (unpaired) electrons. The third kappa shape index (κ3) is 7.78. The summed E-state index contributed by atoms with van der Waals surface area (Å²) < 4.78 is 0. The fraction of sp³-hybridized carbons (Fsp3) is 0.714. The Balaban J connectivity index is 0. The van der Waals surface area contributed by atoms with Crippen molar-refractivity contribution in [3.8, 4) is 0 Å². The molecule has 0 aromatic carbocycles. The van der Waals surface area contributed by atoms with Crippen LogP contribution in [0, 0.1) is 5.92 Å². The van der Waals surface area contributed by atoms with Gasteiger partial charge in [-0.05, 0) is 25.2 Å². The van der Waals surface area contributed by atoms with Gasteiger partial charge in [-0.25, -0.2) is 0 Å². The largest absolute Gasteiger partial charge is 0.550 e. The van der Waals surface area contributed by atoms with Crippen molar-refractivity contribution >= 4 is 11.9 Å². The average molecular weight is 266 g/mol. The third-order valence-corrected chi connectivity index (χ3v) is 1.42. The summed E-state index contributed by atoms with van der Waals surface area (Å²) in [5.41, 5.74) is 0. The van der Waals surface area contributed by atoms with Crippen LogP contribution in [0.25, 0.3) is 0 Å². The molecule has 0 fully saturated rings. The van der Waals surface area contributed by atoms with E-state index in [4.69, 9.17) is 0 Å². The molecule has 0 amide bonds. The molecule has 0 aromatic rings. The molecule has 0 aliphatic carbocycles. The third-order valence-electron chi connectivity index (χ3n) is 1.42. The first-order chi connectivity index (χ1) is 5.04. The standard InChI is InChI=1S/C7H12O4.Ag/c1-5(7(10)11)3-2-4-6(8)9;/h5H,2-4H2,1H3,(H,8,9)(H,10,11);/p-2. The Morgan fingerprint density at radius 3 is 2.17 bits per heavy atom. The first-order valence-corrected chi connectivity index (χ1v) is 3.44. The van der Waals surface area contributed by atoms with Crippen molar-refractivity contribution in [3.63, 3.8) is 0 Å². The second-order valence-electron chi connectivity index (χ2n) is 2.48. The molecule has 0 rings (SSSR count). The van der Waals surface area contributed by atoms with Gasteiger partial charge in [-0.3, -0.25) is 0 Å². The number of hydrogen-bond donors (Lipinski definition) is 0. The van der Waals surface area contributed by atoms with E-state index in [2.05, 4.69) is 0 Å². The van der Waals surface area contributed by atoms with Crippen LogP contribution >= 0.6 is 0 Å². The maximum absolute atomic E-state index is 10.1. The summed E-state index contributed by atoms with van der Waals surface area (Å²) in [5.74, 6) is -2.85. The first-order valence-electron chi connectivity index (χ1n) is 3.44. The van der Waals surface area contributed by atoms with Gasteiger partial charge in [-0.2, -0.15) is 0 Å². The number of aliphatic carboxylic acids is 2. The summed E-state index contributed by atoms with van der Waals surface area (Å²) in [6, 6.07) is 0. The minimum absolute atomic E-state index is 0. The zero-order chi connectivity index (χ0) is 8.85. The van der Waals surface area contributed by atoms with Gasteiger partial charge in [0.25, 0.3) is 0 Å². The first kappa shape index (κ1) is 14.2. The summed E-state index contributed by atoms with van der Waals surface area (Å²) in [6.07, 6.45) is 0.575. The van der Waals surface area contributed by atoms with E-state index in [1.807, 2.05) is 0 Å². The van der Waals surface area contributed by atoms with E-state index in [0.717, 1.165) is 0 Å². The summed E-state index contributed by atoms with van der Waals surface area (Å²) in [5, 5.41) is 20.0. The number of carboxylic acid groups (broad SMARTS) is 2. The Hall–Kier alpha value is -0.320. The Labute approximate surface area is 86.5 Å². The van der Waals surface area contributed by atoms with Crippen molar-refractivity contribution in [1.82, 2.24) is 0 Å². The van der Waals surface area contributed by atoms with Crippen molar-refractivity contribution in [3.05, 3.63) is 0 Å². The van der Waals surface area contributed by atoms with E-state index in [-0.39, 0.29) is 28.8 Å². The van der Waals surface area contributed by atoms with E-state index in [0.29, 0.717) is 12.8 Å². The quantitative estimate of drug-likeness (QED) is 0.555. The van der Waals surface area contributed by atoms with Gasteiger partial charge in [0.1, 0.15) is 0 Å². The second kappa shape index (κ2) is 7.34. The Kier molecular flexibility index (Phi) is 8.69. The van der Waals surface area contributed by atoms with E-state index >= 15 is 0 Å². The molecule has 0 N–H and O–H groups in total. The molecule has 0 heterocycles. The Bertz CT molecular complexity index is 157. The van der Waals surface area contributed by atoms with Crippen LogP contribution in [0.3, 0.4) is 0 Å². The van der Waals surface area contributed by atoms with Crippen molar-refractivity contribution in [2.24, 2.45) is 5.92 Å². The molecule has 0 saturated heterocycles. The summed E-state index contributed by atoms with van der Waals surface area (Å²) in [6.45, 7) is 1.49. The van der Waals surface area contributed by atoms with E-state index in [1.54, 1.807) is 0 Å². The van der Waals surface area contributed by atoms with E-state index < -0.39 is 17.9 Å². The average Bonchev–Trinajstić information content (AvgIpc) is 1.86. The Morgan fingerprint density at radius 2 is 1.83 bits per heavy atom. The molecule has 0 bridgehead atoms. The molecule has 0 aromatic heterocycles. The van der Waals surface area contributed by atoms with Gasteiger partial charge in [0.15, 0.2) is 0 Å². The molecule has 4 nitrogen and oxygen atoms in total. The van der Waals surface area contributed by atoms with Crippen LogP contribution in [-0.2, 0) is 32.0 Å². The number of carbonyl (C=O) groups excluding carboxylic acids is 2. The normalized spacial score (nSPS) is 11.4. The van der Waals surface area contributed by atoms with Crippen molar-refractivity contribution in [1.29, 1.82) is 0 Å². The predicted octanol–water partition coefficient (Wildman–Crippen LogP) is -1.71. The fourth-order valence-electron chi connectivity index (χ4n) is 0.670. The van der Waals surface area contributed by atoms with Crippen LogP contribution in [0.1, 0.15) is 26.2 Å². The molecule has 1 unspecified atom stereocenters. The number of hydrogen-bond acceptors (Lipinski definition) is 4. The summed E-state index contributed by atoms with van der Waals surface area (Å²) in [7, 11) is 0. The van der Waals surface area contributed by atoms with E-state index in [9.17, 15) is 19.8 Å². The van der Waals surface area contributed by atoms with E-state index in [1.165, 1.54) is 6.92 Å². The van der Waals surface area contributed by atoms with Crippen molar-refractivity contribution < 1.29 is 42.2 Å². The summed E-state index contributed by atoms with van der Waals surface area (Å²) >= 11 is 0. The van der Waals surface area contributed by atoms with Crippen LogP contribution in [0.2, 0.25) is 0 Å². The molecular weight excluding hydrogens is 256 g/mol. The zero-order valence-electron chi connectivity index (χ0n) is 6.63. The van der Waals surface area contributed by atoms with Gasteiger partial charge in [-0.15, -0.1) is 0 Å². The minimum atomic E-state index is -1.14. The maximum Gasteiger partial charge on any atom is 0.0442 e. The van der Waals surface area contributed by atoms with Gasteiger partial charge in [0.05, 0.1) is 0 Å². The number of rotatable bonds is 5. The molecule has 0 aliphatic heterocycles. The van der Waals surface area contributed by atoms with Gasteiger partial charge >= 0.3 is 0 Å². The van der Waals surface area contributed by atoms with Gasteiger partial charge in [0, 0.05) is 34.3 Å². The molecule has 75 valence electrons. The van der Waals surface area contributed by atoms with Crippen molar-refractivity contribution in [2.75, 3.05) is 0 Å². The van der Waals surface area contributed by atoms with Crippen LogP contribution < -0.4 is 10.2 Å². The van der Waals surface area contributed by atoms with Crippen LogP contribution in [0.5, 0.6) is 0 Å². The molecule has 0 saturated carbocycles. The van der Waals surface area contributed by atoms with Crippen molar-refractivity contribution in [2.45, 2.75) is 26.2 Å². The van der Waals surface area contributed by atoms with Gasteiger partial charge < -0.3 is 19.8 Å². The minimum Gasteiger partial charge on any atom is -0.550 e. The second-order valence-corrected chi connectivity index (χ2v) is 2.48. The van der Waals surface area contributed by atoms with Crippen LogP contribution in [0.15, 0.2) is 0 Å². The molecule has 12 heavy (non-hydrogen) atoms. The summed E-state index contributed by atoms with van der Waals surface area (Å²) in [4.78, 5) is 20.0. The zero-order valence-corrected chi connectivity index (χ0v) is 8.12. The van der Waals surface area contributed by atoms with Gasteiger partial charge in [0.2, 0.25) is 0 Å². The monoisotopic (exact) mass is 265 g/mol. The van der Waals surface area contributed by atoms with Crippen LogP contribution in [0.4, 0.5) is 0 Å². The predicted molar refractivity (Wildman–Crippen MR) is 33.0 cm³/mol. The topological polar surface area (TPSA) is 80.3 Å². The smallest absolute Gasteiger partial charge is 0.0442 e. The fourth-order valence-corrected chi connectivity index (χ4v) is 0.670.